The molecule has 1 fully saturated rings. The van der Waals surface area contributed by atoms with Gasteiger partial charge < -0.3 is 9.88 Å². The number of aromatic nitrogens is 4. The summed E-state index contributed by atoms with van der Waals surface area (Å²) in [6.45, 7) is 5.83. The molecule has 22 heavy (non-hydrogen) atoms. The Morgan fingerprint density at radius 1 is 1.32 bits per heavy atom. The highest BCUT2D eigenvalue weighted by Gasteiger charge is 2.21. The lowest BCUT2D eigenvalue weighted by atomic mass is 10.2. The molecule has 1 N–H and O–H groups in total. The quantitative estimate of drug-likeness (QED) is 0.885. The molecule has 3 heterocycles. The van der Waals surface area contributed by atoms with Crippen molar-refractivity contribution in [1.82, 2.24) is 24.0 Å². The molecule has 120 valence electrons. The summed E-state index contributed by atoms with van der Waals surface area (Å²) in [6, 6.07) is 0.201. The average Bonchev–Trinajstić information content (AvgIpc) is 3.09. The van der Waals surface area contributed by atoms with Crippen molar-refractivity contribution in [3.63, 3.8) is 0 Å². The molecule has 0 aromatic carbocycles. The predicted octanol–water partition coefficient (Wildman–Crippen LogP) is 0.367. The number of nitrogens with zero attached hydrogens (tertiary/aromatic N) is 4. The first-order valence-corrected chi connectivity index (χ1v) is 7.94. The number of fused-ring (bicyclic) bond motifs is 1. The van der Waals surface area contributed by atoms with Gasteiger partial charge in [-0.05, 0) is 32.7 Å². The molecular formula is C15H23N5O2. The summed E-state index contributed by atoms with van der Waals surface area (Å²) in [5, 5.41) is 3.35. The first-order chi connectivity index (χ1) is 10.5. The topological polar surface area (TPSA) is 73.8 Å². The van der Waals surface area contributed by atoms with Crippen LogP contribution in [-0.4, -0.2) is 31.3 Å². The van der Waals surface area contributed by atoms with E-state index in [1.165, 1.54) is 4.57 Å². The Hall–Kier alpha value is -1.89. The summed E-state index contributed by atoms with van der Waals surface area (Å²) in [5.74, 6) is 0.744. The minimum atomic E-state index is -0.244. The first kappa shape index (κ1) is 15.0. The maximum Gasteiger partial charge on any atom is 0.332 e. The molecule has 2 aromatic heterocycles. The largest absolute Gasteiger partial charge is 0.332 e. The molecular weight excluding hydrogens is 282 g/mol. The molecule has 1 saturated heterocycles. The summed E-state index contributed by atoms with van der Waals surface area (Å²) in [7, 11) is 1.82. The van der Waals surface area contributed by atoms with Gasteiger partial charge >= 0.3 is 5.69 Å². The average molecular weight is 305 g/mol. The second kappa shape index (κ2) is 5.72. The summed E-state index contributed by atoms with van der Waals surface area (Å²) >= 11 is 0. The SMILES string of the molecule is CCCn1c(=O)n(CC2CCCN2)c(=O)c2c1nc(C)n2C. The summed E-state index contributed by atoms with van der Waals surface area (Å²) in [4.78, 5) is 30.0. The van der Waals surface area contributed by atoms with E-state index in [0.717, 1.165) is 31.6 Å². The second-order valence-corrected chi connectivity index (χ2v) is 6.03. The van der Waals surface area contributed by atoms with Crippen molar-refractivity contribution < 1.29 is 0 Å². The van der Waals surface area contributed by atoms with E-state index in [9.17, 15) is 9.59 Å². The van der Waals surface area contributed by atoms with Crippen molar-refractivity contribution in [3.8, 4) is 0 Å². The Balaban J connectivity index is 2.24. The Kier molecular flexibility index (Phi) is 3.90. The van der Waals surface area contributed by atoms with Crippen molar-refractivity contribution in [3.05, 3.63) is 26.7 Å². The Labute approximate surface area is 128 Å². The van der Waals surface area contributed by atoms with Crippen molar-refractivity contribution in [2.45, 2.75) is 52.2 Å². The monoisotopic (exact) mass is 305 g/mol. The molecule has 1 aliphatic rings. The highest BCUT2D eigenvalue weighted by atomic mass is 16.2. The number of hydrogen-bond acceptors (Lipinski definition) is 4. The standard InChI is InChI=1S/C15H23N5O2/c1-4-8-19-13-12(18(3)10(2)17-13)14(21)20(15(19)22)9-11-6-5-7-16-11/h11,16H,4-9H2,1-3H3. The van der Waals surface area contributed by atoms with Gasteiger partial charge in [-0.2, -0.15) is 0 Å². The van der Waals surface area contributed by atoms with Gasteiger partial charge in [0, 0.05) is 26.2 Å². The van der Waals surface area contributed by atoms with E-state index >= 15 is 0 Å². The van der Waals surface area contributed by atoms with Crippen LogP contribution in [0, 0.1) is 6.92 Å². The van der Waals surface area contributed by atoms with Crippen LogP contribution in [0.25, 0.3) is 11.2 Å². The van der Waals surface area contributed by atoms with Crippen molar-refractivity contribution in [2.24, 2.45) is 7.05 Å². The third-order valence-electron chi connectivity index (χ3n) is 4.48. The molecule has 0 bridgehead atoms. The number of rotatable bonds is 4. The molecule has 0 radical (unpaired) electrons. The van der Waals surface area contributed by atoms with Gasteiger partial charge in [0.15, 0.2) is 11.2 Å². The van der Waals surface area contributed by atoms with Crippen LogP contribution >= 0.6 is 0 Å². The highest BCUT2D eigenvalue weighted by Crippen LogP contribution is 2.11. The van der Waals surface area contributed by atoms with Crippen molar-refractivity contribution in [1.29, 1.82) is 0 Å². The normalized spacial score (nSPS) is 18.4. The van der Waals surface area contributed by atoms with Gasteiger partial charge in [0.05, 0.1) is 0 Å². The molecule has 7 nitrogen and oxygen atoms in total. The van der Waals surface area contributed by atoms with E-state index in [2.05, 4.69) is 10.3 Å². The van der Waals surface area contributed by atoms with Crippen molar-refractivity contribution in [2.75, 3.05) is 6.54 Å². The van der Waals surface area contributed by atoms with Gasteiger partial charge in [-0.15, -0.1) is 0 Å². The Morgan fingerprint density at radius 2 is 2.09 bits per heavy atom. The number of nitrogens with one attached hydrogen (secondary N) is 1. The van der Waals surface area contributed by atoms with Crippen LogP contribution in [0.2, 0.25) is 0 Å². The maximum atomic E-state index is 12.8. The smallest absolute Gasteiger partial charge is 0.325 e. The van der Waals surface area contributed by atoms with Gasteiger partial charge in [-0.3, -0.25) is 13.9 Å². The van der Waals surface area contributed by atoms with Crippen LogP contribution < -0.4 is 16.6 Å². The minimum Gasteiger partial charge on any atom is -0.325 e. The van der Waals surface area contributed by atoms with Gasteiger partial charge in [0.1, 0.15) is 5.82 Å². The van der Waals surface area contributed by atoms with Gasteiger partial charge in [-0.1, -0.05) is 6.92 Å². The lowest BCUT2D eigenvalue weighted by molar-refractivity contribution is 0.468. The fraction of sp³-hybridized carbons (Fsp3) is 0.667. The minimum absolute atomic E-state index is 0.201. The van der Waals surface area contributed by atoms with Gasteiger partial charge in [0.2, 0.25) is 0 Å². The second-order valence-electron chi connectivity index (χ2n) is 6.03. The van der Waals surface area contributed by atoms with Crippen LogP contribution in [0.15, 0.2) is 9.59 Å². The van der Waals surface area contributed by atoms with Gasteiger partial charge in [0.25, 0.3) is 5.56 Å². The number of hydrogen-bond donors (Lipinski definition) is 1. The molecule has 1 aliphatic heterocycles. The summed E-state index contributed by atoms with van der Waals surface area (Å²) in [6.07, 6.45) is 2.92. The molecule has 0 saturated carbocycles. The van der Waals surface area contributed by atoms with E-state index in [1.54, 1.807) is 9.13 Å². The molecule has 7 heteroatoms. The zero-order valence-electron chi connectivity index (χ0n) is 13.4. The number of imidazole rings is 1. The van der Waals surface area contributed by atoms with E-state index < -0.39 is 0 Å². The third-order valence-corrected chi connectivity index (χ3v) is 4.48. The zero-order valence-corrected chi connectivity index (χ0v) is 13.4. The molecule has 0 aliphatic carbocycles. The molecule has 2 aromatic rings. The van der Waals surface area contributed by atoms with Gasteiger partial charge in [-0.25, -0.2) is 9.78 Å². The van der Waals surface area contributed by atoms with Crippen molar-refractivity contribution >= 4 is 11.2 Å². The highest BCUT2D eigenvalue weighted by molar-refractivity contribution is 5.70. The molecule has 3 rings (SSSR count). The third kappa shape index (κ3) is 2.29. The Bertz CT molecular complexity index is 808. The zero-order chi connectivity index (χ0) is 15.9. The van der Waals surface area contributed by atoms with E-state index in [-0.39, 0.29) is 17.3 Å². The van der Waals surface area contributed by atoms with Crippen LogP contribution in [0.3, 0.4) is 0 Å². The number of aryl methyl sites for hydroxylation is 3. The van der Waals surface area contributed by atoms with Crippen LogP contribution in [0.1, 0.15) is 32.0 Å². The van der Waals surface area contributed by atoms with Crippen LogP contribution in [0.4, 0.5) is 0 Å². The Morgan fingerprint density at radius 3 is 2.73 bits per heavy atom. The lowest BCUT2D eigenvalue weighted by Gasteiger charge is -2.14. The molecule has 0 spiro atoms. The maximum absolute atomic E-state index is 12.8. The van der Waals surface area contributed by atoms with Crippen LogP contribution in [0.5, 0.6) is 0 Å². The van der Waals surface area contributed by atoms with E-state index in [0.29, 0.717) is 24.3 Å². The molecule has 1 atom stereocenters. The van der Waals surface area contributed by atoms with E-state index in [4.69, 9.17) is 0 Å². The molecule has 0 amide bonds. The van der Waals surface area contributed by atoms with E-state index in [1.807, 2.05) is 20.9 Å². The predicted molar refractivity (Wildman–Crippen MR) is 85.3 cm³/mol. The summed E-state index contributed by atoms with van der Waals surface area (Å²) < 4.78 is 4.79. The lowest BCUT2D eigenvalue weighted by Crippen LogP contribution is -2.44. The van der Waals surface area contributed by atoms with Crippen LogP contribution in [-0.2, 0) is 20.1 Å². The summed E-state index contributed by atoms with van der Waals surface area (Å²) in [5.41, 5.74) is 0.548. The molecule has 1 unspecified atom stereocenters. The fourth-order valence-electron chi connectivity index (χ4n) is 3.19. The fourth-order valence-corrected chi connectivity index (χ4v) is 3.19. The first-order valence-electron chi connectivity index (χ1n) is 7.94.